The number of nitrogens with zero attached hydrogens (tertiary/aromatic N) is 2. The van der Waals surface area contributed by atoms with Crippen LogP contribution in [0.4, 0.5) is 0 Å². The number of amides is 1. The van der Waals surface area contributed by atoms with Crippen LogP contribution in [0.2, 0.25) is 0 Å². The van der Waals surface area contributed by atoms with Gasteiger partial charge in [0.05, 0.1) is 6.04 Å². The number of rotatable bonds is 6. The average molecular weight is 454 g/mol. The van der Waals surface area contributed by atoms with Gasteiger partial charge in [0, 0.05) is 22.6 Å². The van der Waals surface area contributed by atoms with Gasteiger partial charge in [-0.2, -0.15) is 0 Å². The van der Waals surface area contributed by atoms with E-state index in [1.54, 1.807) is 6.07 Å². The molecule has 29 heavy (non-hydrogen) atoms. The van der Waals surface area contributed by atoms with Gasteiger partial charge in [-0.25, -0.2) is 0 Å². The standard InChI is InChI=1S/C23H24BrN3O2/c1-16-4-6-17(7-5-16)21(27-12-2-3-13-27)15-25-23(28)20-14-22(29-26-20)18-8-10-19(24)11-9-18/h4-11,14,21H,2-3,12-13,15H2,1H3,(H,25,28)/t21-/m0/s1. The summed E-state index contributed by atoms with van der Waals surface area (Å²) < 4.78 is 6.37. The van der Waals surface area contributed by atoms with Crippen LogP contribution >= 0.6 is 15.9 Å². The van der Waals surface area contributed by atoms with Crippen LogP contribution in [-0.4, -0.2) is 35.6 Å². The van der Waals surface area contributed by atoms with Crippen LogP contribution in [0.25, 0.3) is 11.3 Å². The molecule has 2 heterocycles. The fourth-order valence-electron chi connectivity index (χ4n) is 3.71. The number of halogens is 1. The van der Waals surface area contributed by atoms with E-state index in [0.717, 1.165) is 23.1 Å². The molecule has 150 valence electrons. The van der Waals surface area contributed by atoms with Gasteiger partial charge in [0.15, 0.2) is 11.5 Å². The fourth-order valence-corrected chi connectivity index (χ4v) is 3.98. The van der Waals surface area contributed by atoms with Crippen molar-refractivity contribution in [2.45, 2.75) is 25.8 Å². The summed E-state index contributed by atoms with van der Waals surface area (Å²) in [5.74, 6) is 0.366. The van der Waals surface area contributed by atoms with Crippen LogP contribution in [0.1, 0.15) is 40.5 Å². The molecule has 0 unspecified atom stereocenters. The van der Waals surface area contributed by atoms with Gasteiger partial charge in [-0.1, -0.05) is 63.0 Å². The van der Waals surface area contributed by atoms with Crippen molar-refractivity contribution in [3.05, 3.63) is 75.9 Å². The highest BCUT2D eigenvalue weighted by Crippen LogP contribution is 2.26. The number of carbonyl (C=O) groups excluding carboxylic acids is 1. The molecule has 1 amide bonds. The minimum absolute atomic E-state index is 0.167. The van der Waals surface area contributed by atoms with E-state index in [-0.39, 0.29) is 11.9 Å². The van der Waals surface area contributed by atoms with Gasteiger partial charge in [0.1, 0.15) is 0 Å². The number of hydrogen-bond donors (Lipinski definition) is 1. The Hall–Kier alpha value is -2.44. The molecule has 5 nitrogen and oxygen atoms in total. The third-order valence-electron chi connectivity index (χ3n) is 5.37. The molecular formula is C23H24BrN3O2. The van der Waals surface area contributed by atoms with Crippen molar-refractivity contribution in [3.8, 4) is 11.3 Å². The second-order valence-corrected chi connectivity index (χ2v) is 8.38. The number of carbonyl (C=O) groups is 1. The summed E-state index contributed by atoms with van der Waals surface area (Å²) >= 11 is 3.42. The predicted octanol–water partition coefficient (Wildman–Crippen LogP) is 4.98. The maximum atomic E-state index is 12.7. The summed E-state index contributed by atoms with van der Waals surface area (Å²) in [6, 6.07) is 18.1. The van der Waals surface area contributed by atoms with Crippen LogP contribution < -0.4 is 5.32 Å². The molecule has 1 N–H and O–H groups in total. The lowest BCUT2D eigenvalue weighted by Gasteiger charge is -2.28. The Morgan fingerprint density at radius 2 is 1.83 bits per heavy atom. The third kappa shape index (κ3) is 4.77. The smallest absolute Gasteiger partial charge is 0.273 e. The third-order valence-corrected chi connectivity index (χ3v) is 5.90. The van der Waals surface area contributed by atoms with Crippen molar-refractivity contribution in [3.63, 3.8) is 0 Å². The summed E-state index contributed by atoms with van der Waals surface area (Å²) in [6.07, 6.45) is 2.41. The normalized spacial score (nSPS) is 15.4. The Morgan fingerprint density at radius 1 is 1.14 bits per heavy atom. The second-order valence-electron chi connectivity index (χ2n) is 7.46. The number of aryl methyl sites for hydroxylation is 1. The lowest BCUT2D eigenvalue weighted by molar-refractivity contribution is 0.0929. The molecule has 4 rings (SSSR count). The minimum atomic E-state index is -0.214. The van der Waals surface area contributed by atoms with Gasteiger partial charge < -0.3 is 9.84 Å². The number of likely N-dealkylation sites (tertiary alicyclic amines) is 1. The first-order valence-electron chi connectivity index (χ1n) is 9.91. The van der Waals surface area contributed by atoms with E-state index in [0.29, 0.717) is 18.0 Å². The topological polar surface area (TPSA) is 58.4 Å². The lowest BCUT2D eigenvalue weighted by Crippen LogP contribution is -2.36. The second kappa shape index (κ2) is 8.93. The molecule has 0 spiro atoms. The molecule has 0 radical (unpaired) electrons. The summed E-state index contributed by atoms with van der Waals surface area (Å²) in [7, 11) is 0. The summed E-state index contributed by atoms with van der Waals surface area (Å²) in [5, 5.41) is 7.01. The summed E-state index contributed by atoms with van der Waals surface area (Å²) in [5.41, 5.74) is 3.65. The van der Waals surface area contributed by atoms with E-state index in [1.807, 2.05) is 24.3 Å². The summed E-state index contributed by atoms with van der Waals surface area (Å²) in [6.45, 7) is 4.75. The highest BCUT2D eigenvalue weighted by molar-refractivity contribution is 9.10. The van der Waals surface area contributed by atoms with Gasteiger partial charge in [-0.15, -0.1) is 0 Å². The van der Waals surface area contributed by atoms with Crippen LogP contribution in [0.3, 0.4) is 0 Å². The van der Waals surface area contributed by atoms with Gasteiger partial charge in [0.2, 0.25) is 0 Å². The van der Waals surface area contributed by atoms with E-state index < -0.39 is 0 Å². The zero-order chi connectivity index (χ0) is 20.2. The monoisotopic (exact) mass is 453 g/mol. The quantitative estimate of drug-likeness (QED) is 0.571. The Balaban J connectivity index is 1.45. The van der Waals surface area contributed by atoms with E-state index >= 15 is 0 Å². The van der Waals surface area contributed by atoms with Crippen LogP contribution in [-0.2, 0) is 0 Å². The van der Waals surface area contributed by atoms with Crippen LogP contribution in [0, 0.1) is 6.92 Å². The van der Waals surface area contributed by atoms with Crippen molar-refractivity contribution in [2.75, 3.05) is 19.6 Å². The molecule has 3 aromatic rings. The molecule has 1 aliphatic heterocycles. The number of nitrogens with one attached hydrogen (secondary N) is 1. The average Bonchev–Trinajstić information content (AvgIpc) is 3.42. The van der Waals surface area contributed by atoms with Crippen LogP contribution in [0.15, 0.2) is 63.6 Å². The largest absolute Gasteiger partial charge is 0.355 e. The summed E-state index contributed by atoms with van der Waals surface area (Å²) in [4.78, 5) is 15.1. The zero-order valence-corrected chi connectivity index (χ0v) is 18.0. The fraction of sp³-hybridized carbons (Fsp3) is 0.304. The Kier molecular flexibility index (Phi) is 6.11. The van der Waals surface area contributed by atoms with Gasteiger partial charge in [-0.3, -0.25) is 9.69 Å². The minimum Gasteiger partial charge on any atom is -0.355 e. The molecule has 1 atom stereocenters. The van der Waals surface area contributed by atoms with E-state index in [4.69, 9.17) is 4.52 Å². The number of benzene rings is 2. The van der Waals surface area contributed by atoms with Gasteiger partial charge in [0.25, 0.3) is 5.91 Å². The maximum Gasteiger partial charge on any atom is 0.273 e. The number of aromatic nitrogens is 1. The molecule has 2 aromatic carbocycles. The van der Waals surface area contributed by atoms with Gasteiger partial charge in [-0.05, 0) is 50.6 Å². The van der Waals surface area contributed by atoms with Crippen molar-refractivity contribution in [2.24, 2.45) is 0 Å². The molecular weight excluding hydrogens is 430 g/mol. The van der Waals surface area contributed by atoms with Crippen molar-refractivity contribution >= 4 is 21.8 Å². The van der Waals surface area contributed by atoms with E-state index in [2.05, 4.69) is 62.5 Å². The molecule has 1 saturated heterocycles. The highest BCUT2D eigenvalue weighted by Gasteiger charge is 2.24. The molecule has 1 aromatic heterocycles. The van der Waals surface area contributed by atoms with Crippen molar-refractivity contribution in [1.82, 2.24) is 15.4 Å². The molecule has 6 heteroatoms. The zero-order valence-electron chi connectivity index (χ0n) is 16.4. The molecule has 1 fully saturated rings. The first-order valence-corrected chi connectivity index (χ1v) is 10.7. The molecule has 1 aliphatic rings. The highest BCUT2D eigenvalue weighted by atomic mass is 79.9. The van der Waals surface area contributed by atoms with Crippen molar-refractivity contribution in [1.29, 1.82) is 0 Å². The predicted molar refractivity (Wildman–Crippen MR) is 117 cm³/mol. The Morgan fingerprint density at radius 3 is 2.52 bits per heavy atom. The molecule has 0 saturated carbocycles. The Labute approximate surface area is 179 Å². The van der Waals surface area contributed by atoms with Crippen LogP contribution in [0.5, 0.6) is 0 Å². The molecule has 0 bridgehead atoms. The van der Waals surface area contributed by atoms with Crippen molar-refractivity contribution < 1.29 is 9.32 Å². The van der Waals surface area contributed by atoms with E-state index in [9.17, 15) is 4.79 Å². The van der Waals surface area contributed by atoms with E-state index in [1.165, 1.54) is 24.0 Å². The maximum absolute atomic E-state index is 12.7. The number of hydrogen-bond acceptors (Lipinski definition) is 4. The molecule has 0 aliphatic carbocycles. The van der Waals surface area contributed by atoms with Gasteiger partial charge >= 0.3 is 0 Å². The first-order chi connectivity index (χ1) is 14.1. The first kappa shape index (κ1) is 19.9. The SMILES string of the molecule is Cc1ccc([C@H](CNC(=O)c2cc(-c3ccc(Br)cc3)on2)N2CCCC2)cc1. The lowest BCUT2D eigenvalue weighted by atomic mass is 10.0. The Bertz CT molecular complexity index is 961.